The number of anilines is 1. The Kier molecular flexibility index (Phi) is 4.52. The van der Waals surface area contributed by atoms with E-state index >= 15 is 0 Å². The number of aliphatic hydroxyl groups excluding tert-OH is 1. The van der Waals surface area contributed by atoms with E-state index in [0.29, 0.717) is 11.3 Å². The number of halogens is 1. The van der Waals surface area contributed by atoms with Gasteiger partial charge in [-0.05, 0) is 42.7 Å². The topological polar surface area (TPSA) is 65.5 Å². The number of aliphatic hydroxyl groups is 1. The van der Waals surface area contributed by atoms with E-state index in [1.165, 1.54) is 24.3 Å². The average Bonchev–Trinajstić information content (AvgIpc) is 3.38. The lowest BCUT2D eigenvalue weighted by Crippen LogP contribution is -2.39. The molecule has 5 nitrogen and oxygen atoms in total. The Morgan fingerprint density at radius 3 is 2.70 bits per heavy atom. The molecule has 1 aliphatic rings. The lowest BCUT2D eigenvalue weighted by Gasteiger charge is -2.25. The lowest BCUT2D eigenvalue weighted by atomic mass is 10.1. The van der Waals surface area contributed by atoms with Crippen LogP contribution in [0.25, 0.3) is 0 Å². The first-order chi connectivity index (χ1) is 11.1. The summed E-state index contributed by atoms with van der Waals surface area (Å²) in [6, 6.07) is 9.04. The van der Waals surface area contributed by atoms with E-state index in [1.54, 1.807) is 29.4 Å². The van der Waals surface area contributed by atoms with Gasteiger partial charge in [0, 0.05) is 12.2 Å². The minimum Gasteiger partial charge on any atom is -0.387 e. The highest BCUT2D eigenvalue weighted by molar-refractivity contribution is 5.89. The van der Waals surface area contributed by atoms with Crippen LogP contribution in [-0.2, 0) is 0 Å². The molecule has 1 heterocycles. The smallest absolute Gasteiger partial charge is 0.322 e. The van der Waals surface area contributed by atoms with Crippen LogP contribution < -0.4 is 5.32 Å². The van der Waals surface area contributed by atoms with Gasteiger partial charge in [-0.3, -0.25) is 4.98 Å². The second-order valence-electron chi connectivity index (χ2n) is 5.62. The molecule has 1 aromatic carbocycles. The largest absolute Gasteiger partial charge is 0.387 e. The Labute approximate surface area is 133 Å². The van der Waals surface area contributed by atoms with Crippen molar-refractivity contribution in [2.45, 2.75) is 25.0 Å². The number of benzene rings is 1. The van der Waals surface area contributed by atoms with Crippen molar-refractivity contribution in [2.24, 2.45) is 0 Å². The maximum absolute atomic E-state index is 13.0. The van der Waals surface area contributed by atoms with Crippen LogP contribution in [0.4, 0.5) is 14.9 Å². The highest BCUT2D eigenvalue weighted by Gasteiger charge is 2.34. The number of nitrogens with one attached hydrogen (secondary N) is 1. The van der Waals surface area contributed by atoms with Gasteiger partial charge in [-0.2, -0.15) is 0 Å². The zero-order valence-corrected chi connectivity index (χ0v) is 12.5. The summed E-state index contributed by atoms with van der Waals surface area (Å²) in [6.07, 6.45) is 4.20. The van der Waals surface area contributed by atoms with Gasteiger partial charge >= 0.3 is 6.03 Å². The summed E-state index contributed by atoms with van der Waals surface area (Å²) in [5.41, 5.74) is 1.20. The molecule has 3 rings (SSSR count). The molecule has 1 unspecified atom stereocenters. The monoisotopic (exact) mass is 315 g/mol. The Hall–Kier alpha value is -2.47. The summed E-state index contributed by atoms with van der Waals surface area (Å²) in [5.74, 6) is -0.352. The third-order valence-electron chi connectivity index (χ3n) is 3.79. The maximum Gasteiger partial charge on any atom is 0.322 e. The zero-order chi connectivity index (χ0) is 16.2. The van der Waals surface area contributed by atoms with E-state index in [0.717, 1.165) is 12.8 Å². The number of aromatic nitrogens is 1. The highest BCUT2D eigenvalue weighted by Crippen LogP contribution is 2.29. The molecule has 1 saturated carbocycles. The molecule has 23 heavy (non-hydrogen) atoms. The summed E-state index contributed by atoms with van der Waals surface area (Å²) >= 11 is 0. The number of carbonyl (C=O) groups excluding carboxylic acids is 1. The maximum atomic E-state index is 13.0. The summed E-state index contributed by atoms with van der Waals surface area (Å²) in [5, 5.41) is 13.1. The number of hydrogen-bond donors (Lipinski definition) is 2. The Balaban J connectivity index is 1.66. The number of nitrogens with zero attached hydrogens (tertiary/aromatic N) is 2. The minimum absolute atomic E-state index is 0.141. The Bertz CT molecular complexity index is 659. The predicted octanol–water partition coefficient (Wildman–Crippen LogP) is 2.95. The van der Waals surface area contributed by atoms with Crippen LogP contribution >= 0.6 is 0 Å². The minimum atomic E-state index is -0.851. The normalized spacial score (nSPS) is 15.0. The second kappa shape index (κ2) is 6.75. The van der Waals surface area contributed by atoms with E-state index in [2.05, 4.69) is 10.3 Å². The first-order valence-electron chi connectivity index (χ1n) is 7.54. The van der Waals surface area contributed by atoms with Crippen LogP contribution in [0.3, 0.4) is 0 Å². The fraction of sp³-hybridized carbons (Fsp3) is 0.294. The number of pyridine rings is 1. The SMILES string of the molecule is O=C(Nc1cccnc1)N(CC(O)c1ccc(F)cc1)C1CC1. The molecular weight excluding hydrogens is 297 g/mol. The van der Waals surface area contributed by atoms with Crippen molar-refractivity contribution < 1.29 is 14.3 Å². The van der Waals surface area contributed by atoms with Gasteiger partial charge in [0.25, 0.3) is 0 Å². The van der Waals surface area contributed by atoms with Gasteiger partial charge < -0.3 is 15.3 Å². The number of hydrogen-bond acceptors (Lipinski definition) is 3. The third kappa shape index (κ3) is 4.04. The van der Waals surface area contributed by atoms with E-state index in [1.807, 2.05) is 0 Å². The third-order valence-corrected chi connectivity index (χ3v) is 3.79. The molecule has 2 amide bonds. The number of amides is 2. The molecule has 0 spiro atoms. The molecule has 2 N–H and O–H groups in total. The van der Waals surface area contributed by atoms with E-state index < -0.39 is 6.10 Å². The van der Waals surface area contributed by atoms with Crippen molar-refractivity contribution in [3.8, 4) is 0 Å². The number of carbonyl (C=O) groups is 1. The first kappa shape index (κ1) is 15.4. The lowest BCUT2D eigenvalue weighted by molar-refractivity contribution is 0.123. The highest BCUT2D eigenvalue weighted by atomic mass is 19.1. The molecule has 1 fully saturated rings. The summed E-state index contributed by atoms with van der Waals surface area (Å²) in [6.45, 7) is 0.169. The van der Waals surface area contributed by atoms with Crippen LogP contribution in [-0.4, -0.2) is 33.6 Å². The quantitative estimate of drug-likeness (QED) is 0.891. The summed E-state index contributed by atoms with van der Waals surface area (Å²) in [4.78, 5) is 18.0. The van der Waals surface area contributed by atoms with Crippen molar-refractivity contribution in [1.29, 1.82) is 0 Å². The molecular formula is C17H18FN3O2. The molecule has 0 bridgehead atoms. The first-order valence-corrected chi connectivity index (χ1v) is 7.54. The Morgan fingerprint density at radius 2 is 2.09 bits per heavy atom. The molecule has 0 radical (unpaired) electrons. The van der Waals surface area contributed by atoms with Crippen LogP contribution in [0.1, 0.15) is 24.5 Å². The standard InChI is InChI=1S/C17H18FN3O2/c18-13-5-3-12(4-6-13)16(22)11-21(15-7-8-15)17(23)20-14-2-1-9-19-10-14/h1-6,9-10,15-16,22H,7-8,11H2,(H,20,23). The van der Waals surface area contributed by atoms with Gasteiger partial charge in [0.2, 0.25) is 0 Å². The van der Waals surface area contributed by atoms with Crippen molar-refractivity contribution in [1.82, 2.24) is 9.88 Å². The fourth-order valence-corrected chi connectivity index (χ4v) is 2.39. The summed E-state index contributed by atoms with van der Waals surface area (Å²) in [7, 11) is 0. The molecule has 0 aliphatic heterocycles. The molecule has 120 valence electrons. The van der Waals surface area contributed by atoms with Crippen LogP contribution in [0.15, 0.2) is 48.8 Å². The van der Waals surface area contributed by atoms with Crippen molar-refractivity contribution in [2.75, 3.05) is 11.9 Å². The molecule has 2 aromatic rings. The van der Waals surface area contributed by atoms with Crippen molar-refractivity contribution in [3.63, 3.8) is 0 Å². The van der Waals surface area contributed by atoms with Gasteiger partial charge in [-0.25, -0.2) is 9.18 Å². The molecule has 1 aromatic heterocycles. The molecule has 0 saturated heterocycles. The fourth-order valence-electron chi connectivity index (χ4n) is 2.39. The van der Waals surface area contributed by atoms with Crippen molar-refractivity contribution in [3.05, 3.63) is 60.2 Å². The van der Waals surface area contributed by atoms with Crippen molar-refractivity contribution >= 4 is 11.7 Å². The molecule has 1 aliphatic carbocycles. The van der Waals surface area contributed by atoms with E-state index in [4.69, 9.17) is 0 Å². The summed E-state index contributed by atoms with van der Waals surface area (Å²) < 4.78 is 13.0. The van der Waals surface area contributed by atoms with Gasteiger partial charge in [0.1, 0.15) is 5.82 Å². The van der Waals surface area contributed by atoms with E-state index in [-0.39, 0.29) is 24.4 Å². The average molecular weight is 315 g/mol. The zero-order valence-electron chi connectivity index (χ0n) is 12.5. The Morgan fingerprint density at radius 1 is 1.35 bits per heavy atom. The van der Waals surface area contributed by atoms with Gasteiger partial charge in [-0.15, -0.1) is 0 Å². The van der Waals surface area contributed by atoms with Gasteiger partial charge in [0.15, 0.2) is 0 Å². The molecule has 1 atom stereocenters. The second-order valence-corrected chi connectivity index (χ2v) is 5.62. The number of rotatable bonds is 5. The van der Waals surface area contributed by atoms with Gasteiger partial charge in [-0.1, -0.05) is 12.1 Å². The van der Waals surface area contributed by atoms with Crippen LogP contribution in [0.5, 0.6) is 0 Å². The van der Waals surface area contributed by atoms with Crippen LogP contribution in [0, 0.1) is 5.82 Å². The van der Waals surface area contributed by atoms with Crippen LogP contribution in [0.2, 0.25) is 0 Å². The molecule has 6 heteroatoms. The predicted molar refractivity (Wildman–Crippen MR) is 84.3 cm³/mol. The number of urea groups is 1. The van der Waals surface area contributed by atoms with E-state index in [9.17, 15) is 14.3 Å². The van der Waals surface area contributed by atoms with Gasteiger partial charge in [0.05, 0.1) is 24.5 Å².